The lowest BCUT2D eigenvalue weighted by atomic mass is 10.0. The van der Waals surface area contributed by atoms with Crippen molar-refractivity contribution >= 4 is 5.91 Å². The third-order valence-corrected chi connectivity index (χ3v) is 4.18. The molecule has 1 aromatic carbocycles. The van der Waals surface area contributed by atoms with Gasteiger partial charge in [0.2, 0.25) is 5.91 Å². The van der Waals surface area contributed by atoms with Crippen molar-refractivity contribution in [2.45, 2.75) is 57.9 Å². The van der Waals surface area contributed by atoms with Gasteiger partial charge >= 0.3 is 0 Å². The fourth-order valence-corrected chi connectivity index (χ4v) is 2.82. The van der Waals surface area contributed by atoms with Gasteiger partial charge in [-0.25, -0.2) is 0 Å². The molecule has 128 valence electrons. The second kappa shape index (κ2) is 10.6. The fourth-order valence-electron chi connectivity index (χ4n) is 2.82. The molecule has 0 fully saturated rings. The van der Waals surface area contributed by atoms with E-state index in [2.05, 4.69) is 17.2 Å². The number of nitrogens with one attached hydrogen (secondary N) is 1. The van der Waals surface area contributed by atoms with E-state index in [4.69, 9.17) is 0 Å². The summed E-state index contributed by atoms with van der Waals surface area (Å²) < 4.78 is 0. The molecule has 3 heteroatoms. The van der Waals surface area contributed by atoms with E-state index in [1.54, 1.807) is 6.20 Å². The third-order valence-electron chi connectivity index (χ3n) is 4.18. The number of amides is 1. The first kappa shape index (κ1) is 18.2. The molecule has 0 aliphatic carbocycles. The Labute approximate surface area is 145 Å². The van der Waals surface area contributed by atoms with Crippen LogP contribution in [0.15, 0.2) is 54.7 Å². The third kappa shape index (κ3) is 6.15. The molecule has 0 spiro atoms. The van der Waals surface area contributed by atoms with Gasteiger partial charge in [-0.2, -0.15) is 0 Å². The van der Waals surface area contributed by atoms with Crippen LogP contribution in [-0.2, 0) is 4.79 Å². The number of pyridine rings is 1. The minimum atomic E-state index is -0.181. The quantitative estimate of drug-likeness (QED) is 0.622. The Kier molecular flexibility index (Phi) is 8.02. The van der Waals surface area contributed by atoms with Crippen molar-refractivity contribution in [3.8, 4) is 0 Å². The van der Waals surface area contributed by atoms with Gasteiger partial charge in [0, 0.05) is 12.6 Å². The molecular weight excluding hydrogens is 296 g/mol. The van der Waals surface area contributed by atoms with Crippen molar-refractivity contribution in [1.29, 1.82) is 0 Å². The zero-order valence-electron chi connectivity index (χ0n) is 14.6. The lowest BCUT2D eigenvalue weighted by Crippen LogP contribution is -2.29. The highest BCUT2D eigenvalue weighted by molar-refractivity contribution is 5.76. The molecule has 1 heterocycles. The lowest BCUT2D eigenvalue weighted by Gasteiger charge is -2.19. The first-order valence-corrected chi connectivity index (χ1v) is 9.06. The van der Waals surface area contributed by atoms with Crippen LogP contribution in [0.4, 0.5) is 0 Å². The second-order valence-electron chi connectivity index (χ2n) is 6.18. The summed E-state index contributed by atoms with van der Waals surface area (Å²) in [5.41, 5.74) is 1.94. The summed E-state index contributed by atoms with van der Waals surface area (Å²) in [6, 6.07) is 15.7. The molecule has 1 N–H and O–H groups in total. The number of unbranched alkanes of at least 4 members (excludes halogenated alkanes) is 5. The minimum absolute atomic E-state index is 0.102. The molecule has 0 bridgehead atoms. The van der Waals surface area contributed by atoms with Crippen LogP contribution in [0, 0.1) is 0 Å². The van der Waals surface area contributed by atoms with E-state index in [0.29, 0.717) is 6.42 Å². The summed E-state index contributed by atoms with van der Waals surface area (Å²) >= 11 is 0. The van der Waals surface area contributed by atoms with Gasteiger partial charge in [0.15, 0.2) is 0 Å². The monoisotopic (exact) mass is 324 g/mol. The van der Waals surface area contributed by atoms with Crippen molar-refractivity contribution in [3.05, 3.63) is 66.0 Å². The average molecular weight is 324 g/mol. The second-order valence-corrected chi connectivity index (χ2v) is 6.18. The molecule has 24 heavy (non-hydrogen) atoms. The zero-order valence-corrected chi connectivity index (χ0v) is 14.6. The summed E-state index contributed by atoms with van der Waals surface area (Å²) in [4.78, 5) is 16.8. The van der Waals surface area contributed by atoms with Crippen LogP contribution in [0.2, 0.25) is 0 Å². The summed E-state index contributed by atoms with van der Waals surface area (Å²) in [5.74, 6) is 0.102. The standard InChI is InChI=1S/C21H28N2O/c1-2-3-4-5-6-10-16-20(24)23-21(18-13-8-7-9-14-18)19-15-11-12-17-22-19/h7-9,11-15,17,21H,2-6,10,16H2,1H3,(H,23,24). The molecule has 0 radical (unpaired) electrons. The smallest absolute Gasteiger partial charge is 0.220 e. The SMILES string of the molecule is CCCCCCCCC(=O)NC(c1ccccc1)c1ccccn1. The number of carbonyl (C=O) groups excluding carboxylic acids is 1. The van der Waals surface area contributed by atoms with Crippen LogP contribution in [0.3, 0.4) is 0 Å². The molecule has 3 nitrogen and oxygen atoms in total. The van der Waals surface area contributed by atoms with Gasteiger partial charge in [0.25, 0.3) is 0 Å². The van der Waals surface area contributed by atoms with Crippen molar-refractivity contribution in [1.82, 2.24) is 10.3 Å². The molecule has 2 aromatic rings. The molecule has 1 amide bonds. The largest absolute Gasteiger partial charge is 0.344 e. The predicted octanol–water partition coefficient (Wildman–Crippen LogP) is 5.04. The first-order valence-electron chi connectivity index (χ1n) is 9.06. The highest BCUT2D eigenvalue weighted by Gasteiger charge is 2.17. The molecule has 1 aromatic heterocycles. The number of rotatable bonds is 10. The van der Waals surface area contributed by atoms with Crippen LogP contribution in [0.25, 0.3) is 0 Å². The van der Waals surface area contributed by atoms with Gasteiger partial charge in [-0.15, -0.1) is 0 Å². The van der Waals surface area contributed by atoms with E-state index in [0.717, 1.165) is 24.1 Å². The van der Waals surface area contributed by atoms with Gasteiger partial charge in [-0.05, 0) is 24.1 Å². The van der Waals surface area contributed by atoms with Gasteiger partial charge in [0.1, 0.15) is 0 Å². The van der Waals surface area contributed by atoms with Crippen molar-refractivity contribution in [3.63, 3.8) is 0 Å². The Bertz CT molecular complexity index is 544. The number of hydrogen-bond donors (Lipinski definition) is 1. The van der Waals surface area contributed by atoms with Gasteiger partial charge in [-0.3, -0.25) is 9.78 Å². The predicted molar refractivity (Wildman–Crippen MR) is 98.7 cm³/mol. The number of carbonyl (C=O) groups is 1. The highest BCUT2D eigenvalue weighted by Crippen LogP contribution is 2.20. The van der Waals surface area contributed by atoms with E-state index in [9.17, 15) is 4.79 Å². The number of aromatic nitrogens is 1. The Morgan fingerprint density at radius 1 is 0.958 bits per heavy atom. The van der Waals surface area contributed by atoms with Gasteiger partial charge < -0.3 is 5.32 Å². The Morgan fingerprint density at radius 2 is 1.67 bits per heavy atom. The molecule has 0 saturated carbocycles. The van der Waals surface area contributed by atoms with E-state index in [1.807, 2.05) is 48.5 Å². The summed E-state index contributed by atoms with van der Waals surface area (Å²) in [6.07, 6.45) is 9.49. The highest BCUT2D eigenvalue weighted by atomic mass is 16.1. The van der Waals surface area contributed by atoms with Crippen LogP contribution in [0.5, 0.6) is 0 Å². The average Bonchev–Trinajstić information content (AvgIpc) is 2.64. The molecule has 0 saturated heterocycles. The summed E-state index contributed by atoms with van der Waals surface area (Å²) in [6.45, 7) is 2.22. The fraction of sp³-hybridized carbons (Fsp3) is 0.429. The maximum absolute atomic E-state index is 12.4. The lowest BCUT2D eigenvalue weighted by molar-refractivity contribution is -0.121. The number of benzene rings is 1. The van der Waals surface area contributed by atoms with E-state index >= 15 is 0 Å². The Hall–Kier alpha value is -2.16. The van der Waals surface area contributed by atoms with E-state index in [1.165, 1.54) is 25.7 Å². The first-order chi connectivity index (χ1) is 11.8. The molecular formula is C21H28N2O. The number of nitrogens with zero attached hydrogens (tertiary/aromatic N) is 1. The van der Waals surface area contributed by atoms with Crippen molar-refractivity contribution in [2.75, 3.05) is 0 Å². The molecule has 1 atom stereocenters. The topological polar surface area (TPSA) is 42.0 Å². The Balaban J connectivity index is 1.90. The van der Waals surface area contributed by atoms with Crippen molar-refractivity contribution in [2.24, 2.45) is 0 Å². The molecule has 2 rings (SSSR count). The Morgan fingerprint density at radius 3 is 2.38 bits per heavy atom. The zero-order chi connectivity index (χ0) is 17.0. The minimum Gasteiger partial charge on any atom is -0.344 e. The maximum atomic E-state index is 12.4. The molecule has 0 aliphatic rings. The van der Waals surface area contributed by atoms with Crippen molar-refractivity contribution < 1.29 is 4.79 Å². The van der Waals surface area contributed by atoms with Crippen LogP contribution < -0.4 is 5.32 Å². The van der Waals surface area contributed by atoms with E-state index < -0.39 is 0 Å². The number of hydrogen-bond acceptors (Lipinski definition) is 2. The normalized spacial score (nSPS) is 11.9. The molecule has 1 unspecified atom stereocenters. The summed E-state index contributed by atoms with van der Waals surface area (Å²) in [5, 5.41) is 3.15. The van der Waals surface area contributed by atoms with E-state index in [-0.39, 0.29) is 11.9 Å². The van der Waals surface area contributed by atoms with Crippen LogP contribution in [-0.4, -0.2) is 10.9 Å². The van der Waals surface area contributed by atoms with Gasteiger partial charge in [-0.1, -0.05) is 75.4 Å². The van der Waals surface area contributed by atoms with Crippen LogP contribution >= 0.6 is 0 Å². The summed E-state index contributed by atoms with van der Waals surface area (Å²) in [7, 11) is 0. The van der Waals surface area contributed by atoms with Gasteiger partial charge in [0.05, 0.1) is 11.7 Å². The maximum Gasteiger partial charge on any atom is 0.220 e. The molecule has 0 aliphatic heterocycles. The van der Waals surface area contributed by atoms with Crippen LogP contribution in [0.1, 0.15) is 69.2 Å².